The van der Waals surface area contributed by atoms with Gasteiger partial charge in [0.15, 0.2) is 11.5 Å². The number of fused-ring (bicyclic) bond motifs is 1. The van der Waals surface area contributed by atoms with E-state index in [0.717, 1.165) is 29.1 Å². The van der Waals surface area contributed by atoms with Gasteiger partial charge in [-0.3, -0.25) is 9.59 Å². The molecule has 0 aromatic heterocycles. The summed E-state index contributed by atoms with van der Waals surface area (Å²) in [6, 6.07) is 11.4. The summed E-state index contributed by atoms with van der Waals surface area (Å²) in [6.45, 7) is 1.63. The molecular formula is C24H29N3O6S. The van der Waals surface area contributed by atoms with Crippen LogP contribution in [0.3, 0.4) is 0 Å². The van der Waals surface area contributed by atoms with Crippen molar-refractivity contribution in [2.45, 2.75) is 30.2 Å². The van der Waals surface area contributed by atoms with Crippen LogP contribution in [0.15, 0.2) is 47.4 Å². The topological polar surface area (TPSA) is 105 Å². The molecule has 0 spiro atoms. The summed E-state index contributed by atoms with van der Waals surface area (Å²) in [5.74, 6) is 0.702. The fourth-order valence-electron chi connectivity index (χ4n) is 4.17. The summed E-state index contributed by atoms with van der Waals surface area (Å²) < 4.78 is 37.3. The lowest BCUT2D eigenvalue weighted by Gasteiger charge is -2.26. The Labute approximate surface area is 199 Å². The van der Waals surface area contributed by atoms with Gasteiger partial charge in [-0.25, -0.2) is 12.7 Å². The van der Waals surface area contributed by atoms with E-state index in [2.05, 4.69) is 5.32 Å². The summed E-state index contributed by atoms with van der Waals surface area (Å²) in [5.41, 5.74) is 1.15. The van der Waals surface area contributed by atoms with Crippen molar-refractivity contribution < 1.29 is 27.5 Å². The van der Waals surface area contributed by atoms with Gasteiger partial charge in [0.25, 0.3) is 5.91 Å². The van der Waals surface area contributed by atoms with Gasteiger partial charge >= 0.3 is 0 Å². The highest BCUT2D eigenvalue weighted by Gasteiger charge is 2.31. The highest BCUT2D eigenvalue weighted by atomic mass is 32.2. The minimum atomic E-state index is -3.67. The van der Waals surface area contributed by atoms with E-state index in [1.807, 2.05) is 18.2 Å². The standard InChI is InChI=1S/C24H29N3O6S/c1-26(2)34(30,31)19-7-3-6-18(14-19)24(29)25-16-23(28)27-11-4-8-20(27)17-9-10-21-22(15-17)33-13-5-12-32-21/h3,6-7,9-10,14-15,20H,4-5,8,11-13,16H2,1-2H3,(H,25,29)/t20-/m0/s1. The molecular weight excluding hydrogens is 458 g/mol. The Kier molecular flexibility index (Phi) is 7.08. The molecule has 0 saturated carbocycles. The number of nitrogens with zero attached hydrogens (tertiary/aromatic N) is 2. The maximum absolute atomic E-state index is 13.0. The molecule has 2 aliphatic rings. The van der Waals surface area contributed by atoms with Crippen molar-refractivity contribution in [3.05, 3.63) is 53.6 Å². The van der Waals surface area contributed by atoms with Crippen LogP contribution in [0.1, 0.15) is 41.2 Å². The molecule has 2 aromatic rings. The molecule has 1 atom stereocenters. The quantitative estimate of drug-likeness (QED) is 0.670. The van der Waals surface area contributed by atoms with E-state index >= 15 is 0 Å². The fourth-order valence-corrected chi connectivity index (χ4v) is 5.12. The maximum atomic E-state index is 13.0. The highest BCUT2D eigenvalue weighted by molar-refractivity contribution is 7.89. The van der Waals surface area contributed by atoms with Crippen molar-refractivity contribution >= 4 is 21.8 Å². The predicted octanol–water partition coefficient (Wildman–Crippen LogP) is 2.19. The molecule has 1 saturated heterocycles. The third kappa shape index (κ3) is 5.02. The zero-order valence-corrected chi connectivity index (χ0v) is 20.1. The Morgan fingerprint density at radius 1 is 1.06 bits per heavy atom. The first-order chi connectivity index (χ1) is 16.3. The second kappa shape index (κ2) is 10.0. The van der Waals surface area contributed by atoms with E-state index in [-0.39, 0.29) is 29.0 Å². The zero-order valence-electron chi connectivity index (χ0n) is 19.3. The number of sulfonamides is 1. The van der Waals surface area contributed by atoms with Crippen LogP contribution in [-0.4, -0.2) is 69.8 Å². The number of carbonyl (C=O) groups is 2. The predicted molar refractivity (Wildman–Crippen MR) is 125 cm³/mol. The molecule has 2 heterocycles. The summed E-state index contributed by atoms with van der Waals surface area (Å²) in [4.78, 5) is 27.4. The molecule has 1 N–H and O–H groups in total. The highest BCUT2D eigenvalue weighted by Crippen LogP contribution is 2.37. The van der Waals surface area contributed by atoms with Crippen LogP contribution in [0.2, 0.25) is 0 Å². The zero-order chi connectivity index (χ0) is 24.3. The SMILES string of the molecule is CN(C)S(=O)(=O)c1cccc(C(=O)NCC(=O)N2CCC[C@H]2c2ccc3c(c2)OCCCO3)c1. The van der Waals surface area contributed by atoms with Crippen molar-refractivity contribution in [2.75, 3.05) is 40.4 Å². The van der Waals surface area contributed by atoms with Crippen LogP contribution < -0.4 is 14.8 Å². The molecule has 34 heavy (non-hydrogen) atoms. The van der Waals surface area contributed by atoms with Gasteiger partial charge in [0.1, 0.15) is 0 Å². The second-order valence-corrected chi connectivity index (χ2v) is 10.7. The number of benzene rings is 2. The lowest BCUT2D eigenvalue weighted by atomic mass is 10.0. The Balaban J connectivity index is 1.42. The molecule has 0 radical (unpaired) electrons. The summed E-state index contributed by atoms with van der Waals surface area (Å²) in [6.07, 6.45) is 2.51. The average molecular weight is 488 g/mol. The number of likely N-dealkylation sites (tertiary alicyclic amines) is 1. The molecule has 2 amide bonds. The van der Waals surface area contributed by atoms with Crippen molar-refractivity contribution in [1.82, 2.24) is 14.5 Å². The lowest BCUT2D eigenvalue weighted by molar-refractivity contribution is -0.131. The van der Waals surface area contributed by atoms with Gasteiger partial charge in [0.05, 0.1) is 30.7 Å². The molecule has 0 bridgehead atoms. The summed E-state index contributed by atoms with van der Waals surface area (Å²) >= 11 is 0. The van der Waals surface area contributed by atoms with Gasteiger partial charge in [0.2, 0.25) is 15.9 Å². The first-order valence-electron chi connectivity index (χ1n) is 11.3. The molecule has 1 fully saturated rings. The van der Waals surface area contributed by atoms with E-state index < -0.39 is 15.9 Å². The normalized spacial score (nSPS) is 18.0. The largest absolute Gasteiger partial charge is 0.490 e. The molecule has 2 aliphatic heterocycles. The van der Waals surface area contributed by atoms with Crippen LogP contribution in [0, 0.1) is 0 Å². The Hall–Kier alpha value is -3.11. The van der Waals surface area contributed by atoms with E-state index in [9.17, 15) is 18.0 Å². The molecule has 9 nitrogen and oxygen atoms in total. The van der Waals surface area contributed by atoms with E-state index in [1.165, 1.54) is 38.4 Å². The number of hydrogen-bond acceptors (Lipinski definition) is 6. The molecule has 10 heteroatoms. The van der Waals surface area contributed by atoms with Gasteiger partial charge in [-0.05, 0) is 48.7 Å². The number of amides is 2. The second-order valence-electron chi connectivity index (χ2n) is 8.50. The smallest absolute Gasteiger partial charge is 0.251 e. The van der Waals surface area contributed by atoms with Crippen LogP contribution in [0.5, 0.6) is 11.5 Å². The van der Waals surface area contributed by atoms with Crippen molar-refractivity contribution in [3.8, 4) is 11.5 Å². The summed E-state index contributed by atoms with van der Waals surface area (Å²) in [7, 11) is -0.811. The van der Waals surface area contributed by atoms with Gasteiger partial charge in [-0.15, -0.1) is 0 Å². The van der Waals surface area contributed by atoms with Crippen LogP contribution in [-0.2, 0) is 14.8 Å². The molecule has 4 rings (SSSR count). The number of carbonyl (C=O) groups excluding carboxylic acids is 2. The van der Waals surface area contributed by atoms with Crippen LogP contribution in [0.25, 0.3) is 0 Å². The average Bonchev–Trinajstić information content (AvgIpc) is 3.21. The monoisotopic (exact) mass is 487 g/mol. The Bertz CT molecular complexity index is 1180. The van der Waals surface area contributed by atoms with Crippen molar-refractivity contribution in [2.24, 2.45) is 0 Å². The number of ether oxygens (including phenoxy) is 2. The number of nitrogens with one attached hydrogen (secondary N) is 1. The van der Waals surface area contributed by atoms with Crippen molar-refractivity contribution in [3.63, 3.8) is 0 Å². The summed E-state index contributed by atoms with van der Waals surface area (Å²) in [5, 5.41) is 2.63. The third-order valence-corrected chi connectivity index (χ3v) is 7.82. The minimum absolute atomic E-state index is 0.0190. The van der Waals surface area contributed by atoms with Crippen LogP contribution >= 0.6 is 0 Å². The molecule has 182 valence electrons. The van der Waals surface area contributed by atoms with E-state index in [0.29, 0.717) is 31.3 Å². The maximum Gasteiger partial charge on any atom is 0.251 e. The molecule has 0 aliphatic carbocycles. The first-order valence-corrected chi connectivity index (χ1v) is 12.7. The molecule has 0 unspecified atom stereocenters. The Morgan fingerprint density at radius 3 is 2.59 bits per heavy atom. The van der Waals surface area contributed by atoms with E-state index in [4.69, 9.17) is 9.47 Å². The van der Waals surface area contributed by atoms with Gasteiger partial charge in [-0.2, -0.15) is 0 Å². The Morgan fingerprint density at radius 2 is 1.82 bits per heavy atom. The third-order valence-electron chi connectivity index (χ3n) is 6.00. The lowest BCUT2D eigenvalue weighted by Crippen LogP contribution is -2.39. The molecule has 2 aromatic carbocycles. The van der Waals surface area contributed by atoms with E-state index in [1.54, 1.807) is 4.90 Å². The number of hydrogen-bond donors (Lipinski definition) is 1. The minimum Gasteiger partial charge on any atom is -0.490 e. The first kappa shape index (κ1) is 24.0. The number of rotatable bonds is 6. The van der Waals surface area contributed by atoms with Crippen molar-refractivity contribution in [1.29, 1.82) is 0 Å². The van der Waals surface area contributed by atoms with Crippen LogP contribution in [0.4, 0.5) is 0 Å². The van der Waals surface area contributed by atoms with Gasteiger partial charge < -0.3 is 19.7 Å². The fraction of sp³-hybridized carbons (Fsp3) is 0.417. The van der Waals surface area contributed by atoms with Gasteiger partial charge in [-0.1, -0.05) is 12.1 Å². The van der Waals surface area contributed by atoms with Gasteiger partial charge in [0, 0.05) is 32.6 Å².